The summed E-state index contributed by atoms with van der Waals surface area (Å²) in [5.74, 6) is 0. The van der Waals surface area contributed by atoms with Gasteiger partial charge < -0.3 is 5.32 Å². The minimum Gasteiger partial charge on any atom is -0.657 e. The summed E-state index contributed by atoms with van der Waals surface area (Å²) in [5, 5.41) is 4.80. The van der Waals surface area contributed by atoms with E-state index >= 15 is 0 Å². The second-order valence-electron chi connectivity index (χ2n) is 5.11. The third-order valence-corrected chi connectivity index (χ3v) is 3.76. The summed E-state index contributed by atoms with van der Waals surface area (Å²) in [4.78, 5) is 0. The van der Waals surface area contributed by atoms with Crippen LogP contribution >= 0.6 is 0 Å². The Morgan fingerprint density at radius 2 is 1.43 bits per heavy atom. The van der Waals surface area contributed by atoms with Gasteiger partial charge in [-0.1, -0.05) is 85.0 Å². The van der Waals surface area contributed by atoms with Crippen LogP contribution < -0.4 is 0 Å². The average Bonchev–Trinajstić information content (AvgIpc) is 3.09. The standard InChI is InChI=1S/C20H14N/c1-2-8-15(9-3-1)18-14-20(16-10-4-5-11-16)21-19-13-7-6-12-17(18)19/h1-14H/q-1. The smallest absolute Gasteiger partial charge is 0.0136 e. The molecule has 1 nitrogen and oxygen atoms in total. The van der Waals surface area contributed by atoms with Gasteiger partial charge >= 0.3 is 0 Å². The zero-order valence-corrected chi connectivity index (χ0v) is 11.5. The Labute approximate surface area is 124 Å². The molecule has 2 aromatic carbocycles. The highest BCUT2D eigenvalue weighted by molar-refractivity contribution is 5.93. The van der Waals surface area contributed by atoms with Crippen LogP contribution in [0.25, 0.3) is 10.9 Å². The number of fused-ring (bicyclic) bond motifs is 1. The van der Waals surface area contributed by atoms with Gasteiger partial charge in [0.25, 0.3) is 0 Å². The van der Waals surface area contributed by atoms with E-state index in [1.165, 1.54) is 16.7 Å². The van der Waals surface area contributed by atoms with Gasteiger partial charge in [-0.05, 0) is 22.3 Å². The van der Waals surface area contributed by atoms with E-state index in [2.05, 4.69) is 60.7 Å². The maximum absolute atomic E-state index is 4.80. The summed E-state index contributed by atoms with van der Waals surface area (Å²) in [5.41, 5.74) is 6.88. The fourth-order valence-electron chi connectivity index (χ4n) is 2.72. The summed E-state index contributed by atoms with van der Waals surface area (Å²) >= 11 is 0. The zero-order chi connectivity index (χ0) is 14.1. The lowest BCUT2D eigenvalue weighted by molar-refractivity contribution is 1.43. The Morgan fingerprint density at radius 3 is 2.24 bits per heavy atom. The lowest BCUT2D eigenvalue weighted by atomic mass is 9.92. The monoisotopic (exact) mass is 268 g/mol. The largest absolute Gasteiger partial charge is 0.657 e. The quantitative estimate of drug-likeness (QED) is 0.646. The van der Waals surface area contributed by atoms with Crippen molar-refractivity contribution in [3.05, 3.63) is 113 Å². The van der Waals surface area contributed by atoms with Crippen LogP contribution in [0.2, 0.25) is 0 Å². The first-order valence-electron chi connectivity index (χ1n) is 7.09. The van der Waals surface area contributed by atoms with Gasteiger partial charge in [0.1, 0.15) is 0 Å². The molecule has 1 heteroatoms. The number of hydrogen-bond acceptors (Lipinski definition) is 0. The van der Waals surface area contributed by atoms with Gasteiger partial charge in [0, 0.05) is 0 Å². The molecule has 1 aliphatic heterocycles. The Balaban J connectivity index is 1.93. The number of benzene rings is 2. The fourth-order valence-corrected chi connectivity index (χ4v) is 2.72. The van der Waals surface area contributed by atoms with Crippen molar-refractivity contribution in [2.24, 2.45) is 0 Å². The number of allylic oxidation sites excluding steroid dienone is 6. The van der Waals surface area contributed by atoms with Gasteiger partial charge in [0.2, 0.25) is 0 Å². The Bertz CT molecular complexity index is 791. The minimum atomic E-state index is 1.03. The summed E-state index contributed by atoms with van der Waals surface area (Å²) < 4.78 is 0. The Hall–Kier alpha value is -2.80. The molecule has 1 heterocycles. The first-order chi connectivity index (χ1) is 10.4. The number of rotatable bonds is 1. The molecule has 4 rings (SSSR count). The first kappa shape index (κ1) is 12.0. The minimum absolute atomic E-state index is 1.03. The molecule has 0 saturated carbocycles. The molecule has 2 aliphatic rings. The van der Waals surface area contributed by atoms with Crippen molar-refractivity contribution < 1.29 is 0 Å². The maximum atomic E-state index is 4.80. The van der Waals surface area contributed by atoms with Crippen molar-refractivity contribution in [3.8, 4) is 0 Å². The van der Waals surface area contributed by atoms with Crippen LogP contribution in [0.3, 0.4) is 0 Å². The van der Waals surface area contributed by atoms with Gasteiger partial charge in [-0.2, -0.15) is 0 Å². The Morgan fingerprint density at radius 1 is 0.714 bits per heavy atom. The third-order valence-electron chi connectivity index (χ3n) is 3.76. The molecule has 21 heavy (non-hydrogen) atoms. The molecule has 0 unspecified atom stereocenters. The van der Waals surface area contributed by atoms with Gasteiger partial charge in [-0.25, -0.2) is 0 Å². The lowest BCUT2D eigenvalue weighted by Crippen LogP contribution is -1.97. The predicted octanol–water partition coefficient (Wildman–Crippen LogP) is 5.52. The van der Waals surface area contributed by atoms with E-state index in [1.807, 2.05) is 24.3 Å². The normalized spacial score (nSPS) is 15.7. The van der Waals surface area contributed by atoms with Crippen LogP contribution in [-0.4, -0.2) is 0 Å². The fraction of sp³-hybridized carbons (Fsp3) is 0. The molecular formula is C20H14N-. The van der Waals surface area contributed by atoms with Crippen molar-refractivity contribution in [1.82, 2.24) is 0 Å². The van der Waals surface area contributed by atoms with E-state index < -0.39 is 0 Å². The molecule has 1 aliphatic carbocycles. The molecule has 0 atom stereocenters. The second-order valence-corrected chi connectivity index (χ2v) is 5.11. The van der Waals surface area contributed by atoms with E-state index in [0.29, 0.717) is 0 Å². The molecule has 0 radical (unpaired) electrons. The van der Waals surface area contributed by atoms with Crippen LogP contribution in [0.5, 0.6) is 0 Å². The summed E-state index contributed by atoms with van der Waals surface area (Å²) in [6, 6.07) is 18.8. The van der Waals surface area contributed by atoms with E-state index in [4.69, 9.17) is 5.32 Å². The molecule has 2 aromatic rings. The van der Waals surface area contributed by atoms with E-state index in [1.54, 1.807) is 0 Å². The first-order valence-corrected chi connectivity index (χ1v) is 7.09. The van der Waals surface area contributed by atoms with Crippen LogP contribution in [-0.2, 0) is 0 Å². The van der Waals surface area contributed by atoms with Crippen molar-refractivity contribution >= 4 is 11.3 Å². The molecule has 0 fully saturated rings. The lowest BCUT2D eigenvalue weighted by Gasteiger charge is -2.34. The van der Waals surface area contributed by atoms with E-state index in [-0.39, 0.29) is 0 Å². The summed E-state index contributed by atoms with van der Waals surface area (Å²) in [6.45, 7) is 0. The molecule has 0 N–H and O–H groups in total. The highest BCUT2D eigenvalue weighted by Gasteiger charge is 2.10. The second kappa shape index (κ2) is 4.95. The molecule has 0 spiro atoms. The number of para-hydroxylation sites is 1. The van der Waals surface area contributed by atoms with Crippen molar-refractivity contribution in [3.63, 3.8) is 0 Å². The molecule has 0 aromatic heterocycles. The summed E-state index contributed by atoms with van der Waals surface area (Å²) in [6.07, 6.45) is 10.5. The molecular weight excluding hydrogens is 254 g/mol. The topological polar surface area (TPSA) is 14.1 Å². The van der Waals surface area contributed by atoms with E-state index in [0.717, 1.165) is 17.0 Å². The SMILES string of the molecule is C1=CC(=C2C=C(c3ccccc3)c3ccccc3[N-]2)C=C1. The van der Waals surface area contributed by atoms with Crippen LogP contribution in [0.4, 0.5) is 5.69 Å². The highest BCUT2D eigenvalue weighted by atomic mass is 14.9. The van der Waals surface area contributed by atoms with Crippen LogP contribution in [0.15, 0.2) is 96.2 Å². The van der Waals surface area contributed by atoms with Crippen molar-refractivity contribution in [1.29, 1.82) is 0 Å². The van der Waals surface area contributed by atoms with Crippen molar-refractivity contribution in [2.75, 3.05) is 0 Å². The maximum Gasteiger partial charge on any atom is -0.0136 e. The highest BCUT2D eigenvalue weighted by Crippen LogP contribution is 2.43. The predicted molar refractivity (Wildman–Crippen MR) is 88.3 cm³/mol. The molecule has 0 saturated heterocycles. The average molecular weight is 268 g/mol. The van der Waals surface area contributed by atoms with Crippen molar-refractivity contribution in [2.45, 2.75) is 0 Å². The van der Waals surface area contributed by atoms with Crippen LogP contribution in [0, 0.1) is 0 Å². The zero-order valence-electron chi connectivity index (χ0n) is 11.5. The van der Waals surface area contributed by atoms with Crippen LogP contribution in [0.1, 0.15) is 11.1 Å². The molecule has 0 amide bonds. The number of hydrogen-bond donors (Lipinski definition) is 0. The van der Waals surface area contributed by atoms with Gasteiger partial charge in [0.05, 0.1) is 0 Å². The van der Waals surface area contributed by atoms with Gasteiger partial charge in [-0.15, -0.1) is 11.4 Å². The summed E-state index contributed by atoms with van der Waals surface area (Å²) in [7, 11) is 0. The molecule has 0 bridgehead atoms. The number of nitrogens with zero attached hydrogens (tertiary/aromatic N) is 1. The Kier molecular flexibility index (Phi) is 2.82. The molecule has 100 valence electrons. The van der Waals surface area contributed by atoms with Gasteiger partial charge in [0.15, 0.2) is 0 Å². The van der Waals surface area contributed by atoms with Gasteiger partial charge in [-0.3, -0.25) is 0 Å². The van der Waals surface area contributed by atoms with E-state index in [9.17, 15) is 0 Å². The third kappa shape index (κ3) is 2.13.